The van der Waals surface area contributed by atoms with Crippen LogP contribution in [0.15, 0.2) is 6.07 Å². The van der Waals surface area contributed by atoms with E-state index in [2.05, 4.69) is 15.1 Å². The summed E-state index contributed by atoms with van der Waals surface area (Å²) in [6, 6.07) is 1.12. The second kappa shape index (κ2) is 3.40. The van der Waals surface area contributed by atoms with Crippen LogP contribution in [0, 0.1) is 6.92 Å². The van der Waals surface area contributed by atoms with Crippen LogP contribution in [0.2, 0.25) is 0 Å². The summed E-state index contributed by atoms with van der Waals surface area (Å²) in [5.41, 5.74) is -0.175. The van der Waals surface area contributed by atoms with Crippen LogP contribution in [0.3, 0.4) is 0 Å². The zero-order valence-corrected chi connectivity index (χ0v) is 8.36. The molecule has 9 heteroatoms. The number of carboxylic acid groups (broad SMARTS) is 1. The highest BCUT2D eigenvalue weighted by molar-refractivity contribution is 5.86. The number of carboxylic acids is 1. The molecular formula is C8H5F3N4O2. The minimum Gasteiger partial charge on any atom is -0.477 e. The van der Waals surface area contributed by atoms with Gasteiger partial charge in [0.05, 0.1) is 0 Å². The third-order valence-electron chi connectivity index (χ3n) is 1.91. The van der Waals surface area contributed by atoms with Gasteiger partial charge < -0.3 is 5.11 Å². The summed E-state index contributed by atoms with van der Waals surface area (Å²) in [6.07, 6.45) is -4.74. The number of aromatic nitrogens is 4. The van der Waals surface area contributed by atoms with E-state index >= 15 is 0 Å². The molecule has 90 valence electrons. The zero-order chi connectivity index (χ0) is 12.8. The van der Waals surface area contributed by atoms with Gasteiger partial charge in [0.25, 0.3) is 11.6 Å². The largest absolute Gasteiger partial charge is 0.477 e. The van der Waals surface area contributed by atoms with Crippen LogP contribution in [0.25, 0.3) is 5.78 Å². The van der Waals surface area contributed by atoms with E-state index in [1.54, 1.807) is 0 Å². The highest BCUT2D eigenvalue weighted by atomic mass is 19.4. The van der Waals surface area contributed by atoms with Crippen LogP contribution in [0.4, 0.5) is 13.2 Å². The third-order valence-corrected chi connectivity index (χ3v) is 1.91. The van der Waals surface area contributed by atoms with Crippen molar-refractivity contribution in [3.63, 3.8) is 0 Å². The van der Waals surface area contributed by atoms with Gasteiger partial charge in [0.2, 0.25) is 0 Å². The molecule has 0 aromatic carbocycles. The van der Waals surface area contributed by atoms with Gasteiger partial charge in [-0.2, -0.15) is 22.7 Å². The Bertz CT molecular complexity index is 605. The number of nitrogens with zero attached hydrogens (tertiary/aromatic N) is 4. The van der Waals surface area contributed by atoms with Crippen LogP contribution >= 0.6 is 0 Å². The Kier molecular flexibility index (Phi) is 2.26. The maximum atomic E-state index is 12.3. The van der Waals surface area contributed by atoms with Crippen molar-refractivity contribution < 1.29 is 23.1 Å². The van der Waals surface area contributed by atoms with Crippen LogP contribution in [-0.4, -0.2) is 30.7 Å². The molecule has 0 atom stereocenters. The fourth-order valence-electron chi connectivity index (χ4n) is 1.26. The van der Waals surface area contributed by atoms with Crippen LogP contribution < -0.4 is 0 Å². The second-order valence-electron chi connectivity index (χ2n) is 3.23. The molecule has 2 rings (SSSR count). The molecule has 0 amide bonds. The fourth-order valence-corrected chi connectivity index (χ4v) is 1.26. The number of rotatable bonds is 1. The maximum Gasteiger partial charge on any atom is 0.453 e. The first kappa shape index (κ1) is 11.3. The molecule has 0 radical (unpaired) electrons. The smallest absolute Gasteiger partial charge is 0.453 e. The summed E-state index contributed by atoms with van der Waals surface area (Å²) in [7, 11) is 0. The van der Waals surface area contributed by atoms with E-state index in [1.165, 1.54) is 6.92 Å². The first-order valence-corrected chi connectivity index (χ1v) is 4.34. The Morgan fingerprint density at radius 2 is 2.06 bits per heavy atom. The lowest BCUT2D eigenvalue weighted by molar-refractivity contribution is -0.144. The minimum absolute atomic E-state index is 0.246. The molecule has 0 saturated heterocycles. The number of aromatic carboxylic acids is 1. The van der Waals surface area contributed by atoms with E-state index in [0.717, 1.165) is 6.07 Å². The highest BCUT2D eigenvalue weighted by Crippen LogP contribution is 2.26. The lowest BCUT2D eigenvalue weighted by Gasteiger charge is -1.99. The summed E-state index contributed by atoms with van der Waals surface area (Å²) in [6.45, 7) is 1.45. The molecule has 2 aromatic heterocycles. The normalized spacial score (nSPS) is 12.0. The monoisotopic (exact) mass is 246 g/mol. The number of alkyl halides is 3. The van der Waals surface area contributed by atoms with E-state index in [4.69, 9.17) is 5.11 Å². The van der Waals surface area contributed by atoms with Crippen LogP contribution in [0.5, 0.6) is 0 Å². The average Bonchev–Trinajstić information content (AvgIpc) is 2.58. The molecule has 0 fully saturated rings. The number of hydrogen-bond acceptors (Lipinski definition) is 4. The molecule has 2 aromatic rings. The summed E-state index contributed by atoms with van der Waals surface area (Å²) in [5.74, 6) is -3.22. The maximum absolute atomic E-state index is 12.3. The van der Waals surface area contributed by atoms with Crippen LogP contribution in [-0.2, 0) is 6.18 Å². The standard InChI is InChI=1S/C8H5F3N4O2/c1-3-2-4(5(16)17)15-7(12-3)13-6(14-15)8(9,10)11/h2H,1H3,(H,16,17). The second-order valence-corrected chi connectivity index (χ2v) is 3.23. The molecule has 6 nitrogen and oxygen atoms in total. The van der Waals surface area contributed by atoms with Gasteiger partial charge >= 0.3 is 12.1 Å². The SMILES string of the molecule is Cc1cc(C(=O)O)n2nc(C(F)(F)F)nc2n1. The zero-order valence-electron chi connectivity index (χ0n) is 8.36. The Morgan fingerprint density at radius 3 is 2.59 bits per heavy atom. The third kappa shape index (κ3) is 1.90. The molecule has 17 heavy (non-hydrogen) atoms. The number of fused-ring (bicyclic) bond motifs is 1. The average molecular weight is 246 g/mol. The van der Waals surface area contributed by atoms with Crippen molar-refractivity contribution in [1.82, 2.24) is 19.6 Å². The molecule has 0 spiro atoms. The van der Waals surface area contributed by atoms with Crippen LogP contribution in [0.1, 0.15) is 22.0 Å². The molecule has 0 aliphatic carbocycles. The molecule has 0 aliphatic rings. The van der Waals surface area contributed by atoms with Crippen molar-refractivity contribution in [3.8, 4) is 0 Å². The predicted octanol–water partition coefficient (Wildman–Crippen LogP) is 1.15. The van der Waals surface area contributed by atoms with Crippen molar-refractivity contribution in [2.75, 3.05) is 0 Å². The van der Waals surface area contributed by atoms with Crippen molar-refractivity contribution in [3.05, 3.63) is 23.3 Å². The van der Waals surface area contributed by atoms with Gasteiger partial charge in [-0.25, -0.2) is 9.78 Å². The molecule has 0 saturated carbocycles. The molecule has 0 bridgehead atoms. The minimum atomic E-state index is -4.74. The Balaban J connectivity index is 2.76. The number of hydrogen-bond donors (Lipinski definition) is 1. The van der Waals surface area contributed by atoms with Gasteiger partial charge in [-0.15, -0.1) is 5.10 Å². The highest BCUT2D eigenvalue weighted by Gasteiger charge is 2.37. The molecule has 0 aliphatic heterocycles. The fraction of sp³-hybridized carbons (Fsp3) is 0.250. The van der Waals surface area contributed by atoms with E-state index < -0.39 is 29.4 Å². The Morgan fingerprint density at radius 1 is 1.41 bits per heavy atom. The quantitative estimate of drug-likeness (QED) is 0.816. The summed E-state index contributed by atoms with van der Waals surface area (Å²) < 4.78 is 37.6. The summed E-state index contributed by atoms with van der Waals surface area (Å²) in [5, 5.41) is 11.9. The topological polar surface area (TPSA) is 80.4 Å². The Hall–Kier alpha value is -2.19. The first-order chi connectivity index (χ1) is 7.79. The van der Waals surface area contributed by atoms with E-state index in [9.17, 15) is 18.0 Å². The van der Waals surface area contributed by atoms with Gasteiger partial charge in [-0.3, -0.25) is 0 Å². The van der Waals surface area contributed by atoms with Crippen molar-refractivity contribution >= 4 is 11.7 Å². The summed E-state index contributed by atoms with van der Waals surface area (Å²) in [4.78, 5) is 17.6. The lowest BCUT2D eigenvalue weighted by Crippen LogP contribution is -2.10. The predicted molar refractivity (Wildman–Crippen MR) is 47.5 cm³/mol. The number of carbonyl (C=O) groups is 1. The lowest BCUT2D eigenvalue weighted by atomic mass is 10.3. The van der Waals surface area contributed by atoms with Gasteiger partial charge in [0, 0.05) is 5.69 Å². The van der Waals surface area contributed by atoms with E-state index in [-0.39, 0.29) is 5.69 Å². The van der Waals surface area contributed by atoms with Gasteiger partial charge in [0.15, 0.2) is 5.69 Å². The summed E-state index contributed by atoms with van der Waals surface area (Å²) >= 11 is 0. The molecular weight excluding hydrogens is 241 g/mol. The molecule has 0 unspecified atom stereocenters. The van der Waals surface area contributed by atoms with Gasteiger partial charge in [-0.05, 0) is 13.0 Å². The van der Waals surface area contributed by atoms with E-state index in [0.29, 0.717) is 4.52 Å². The van der Waals surface area contributed by atoms with E-state index in [1.807, 2.05) is 0 Å². The van der Waals surface area contributed by atoms with Crippen molar-refractivity contribution in [1.29, 1.82) is 0 Å². The Labute approximate surface area is 91.7 Å². The van der Waals surface area contributed by atoms with Crippen molar-refractivity contribution in [2.24, 2.45) is 0 Å². The van der Waals surface area contributed by atoms with Crippen molar-refractivity contribution in [2.45, 2.75) is 13.1 Å². The molecule has 1 N–H and O–H groups in total. The first-order valence-electron chi connectivity index (χ1n) is 4.34. The number of aryl methyl sites for hydroxylation is 1. The molecule has 2 heterocycles. The van der Waals surface area contributed by atoms with Gasteiger partial charge in [0.1, 0.15) is 0 Å². The number of halogens is 3. The van der Waals surface area contributed by atoms with Gasteiger partial charge in [-0.1, -0.05) is 0 Å².